The molecule has 0 unspecified atom stereocenters. The van der Waals surface area contributed by atoms with E-state index in [0.717, 1.165) is 27.7 Å². The Hall–Kier alpha value is -4.30. The Morgan fingerprint density at radius 3 is 0.842 bits per heavy atom. The quantitative estimate of drug-likeness (QED) is 0.208. The molecule has 2 rings (SSSR count). The highest BCUT2D eigenvalue weighted by Crippen LogP contribution is 2.44. The maximum Gasteiger partial charge on any atom is 0.346 e. The SMILES string of the molecule is CC(=O)OC(=O)c1cccc(C(=O)OC(C)=O)c1SSc1c(C(=O)OC(C)=O)cccc1C(=O)OC(C)=O. The molecule has 0 radical (unpaired) electrons. The second kappa shape index (κ2) is 13.3. The summed E-state index contributed by atoms with van der Waals surface area (Å²) in [6, 6.07) is 7.43. The van der Waals surface area contributed by atoms with Crippen molar-refractivity contribution in [2.24, 2.45) is 0 Å². The van der Waals surface area contributed by atoms with Crippen LogP contribution in [-0.4, -0.2) is 47.8 Å². The highest BCUT2D eigenvalue weighted by molar-refractivity contribution is 8.76. The number of carbonyl (C=O) groups is 8. The van der Waals surface area contributed by atoms with Crippen LogP contribution in [0.15, 0.2) is 46.2 Å². The van der Waals surface area contributed by atoms with Gasteiger partial charge in [-0.05, 0) is 24.3 Å². The van der Waals surface area contributed by atoms with Crippen molar-refractivity contribution in [1.29, 1.82) is 0 Å². The standard InChI is InChI=1S/C24H18O12S2/c1-11(25)33-21(29)15-7-5-8-16(22(30)34-12(2)26)19(15)37-38-20-17(23(31)35-13(3)27)9-6-10-18(20)24(32)36-14(4)28/h5-10H,1-4H3. The Balaban J connectivity index is 2.66. The van der Waals surface area contributed by atoms with E-state index < -0.39 is 47.8 Å². The summed E-state index contributed by atoms with van der Waals surface area (Å²) in [4.78, 5) is 95.4. The van der Waals surface area contributed by atoms with Gasteiger partial charge in [-0.1, -0.05) is 33.7 Å². The molecular formula is C24H18O12S2. The lowest BCUT2D eigenvalue weighted by atomic mass is 10.1. The topological polar surface area (TPSA) is 173 Å². The molecule has 0 N–H and O–H groups in total. The predicted octanol–water partition coefficient (Wildman–Crippen LogP) is 3.30. The molecule has 0 aliphatic heterocycles. The minimum atomic E-state index is -1.14. The average molecular weight is 563 g/mol. The minimum absolute atomic E-state index is 0.157. The number of esters is 8. The van der Waals surface area contributed by atoms with Crippen LogP contribution in [0, 0.1) is 0 Å². The Morgan fingerprint density at radius 1 is 0.447 bits per heavy atom. The molecule has 0 aliphatic rings. The third-order valence-corrected chi connectivity index (χ3v) is 6.61. The second-order valence-electron chi connectivity index (χ2n) is 7.06. The van der Waals surface area contributed by atoms with Crippen LogP contribution in [0.1, 0.15) is 69.1 Å². The van der Waals surface area contributed by atoms with E-state index in [1.807, 2.05) is 0 Å². The van der Waals surface area contributed by atoms with Crippen LogP contribution in [-0.2, 0) is 38.1 Å². The van der Waals surface area contributed by atoms with Crippen LogP contribution in [0.5, 0.6) is 0 Å². The van der Waals surface area contributed by atoms with Crippen molar-refractivity contribution in [2.75, 3.05) is 0 Å². The van der Waals surface area contributed by atoms with Crippen molar-refractivity contribution in [1.82, 2.24) is 0 Å². The number of hydrogen-bond donors (Lipinski definition) is 0. The summed E-state index contributed by atoms with van der Waals surface area (Å²) in [6.45, 7) is 3.93. The highest BCUT2D eigenvalue weighted by Gasteiger charge is 2.27. The van der Waals surface area contributed by atoms with Gasteiger partial charge >= 0.3 is 47.8 Å². The summed E-state index contributed by atoms with van der Waals surface area (Å²) < 4.78 is 18.5. The minimum Gasteiger partial charge on any atom is -0.390 e. The molecule has 0 spiro atoms. The number of rotatable bonds is 7. The Bertz CT molecular complexity index is 1170. The first kappa shape index (κ1) is 29.9. The van der Waals surface area contributed by atoms with Crippen LogP contribution >= 0.6 is 21.6 Å². The molecule has 0 atom stereocenters. The van der Waals surface area contributed by atoms with Gasteiger partial charge in [-0.15, -0.1) is 0 Å². The Labute approximate surface area is 222 Å². The van der Waals surface area contributed by atoms with E-state index in [2.05, 4.69) is 18.9 Å². The smallest absolute Gasteiger partial charge is 0.346 e. The van der Waals surface area contributed by atoms with Gasteiger partial charge in [0.1, 0.15) is 0 Å². The molecule has 2 aromatic carbocycles. The largest absolute Gasteiger partial charge is 0.390 e. The van der Waals surface area contributed by atoms with Gasteiger partial charge in [-0.2, -0.15) is 0 Å². The number of benzene rings is 2. The lowest BCUT2D eigenvalue weighted by Crippen LogP contribution is -2.16. The number of hydrogen-bond acceptors (Lipinski definition) is 14. The molecule has 38 heavy (non-hydrogen) atoms. The molecule has 198 valence electrons. The summed E-state index contributed by atoms with van der Waals surface area (Å²) in [5.41, 5.74) is -1.14. The van der Waals surface area contributed by atoms with Crippen LogP contribution in [0.25, 0.3) is 0 Å². The molecule has 0 heterocycles. The first-order chi connectivity index (χ1) is 17.8. The van der Waals surface area contributed by atoms with Gasteiger partial charge in [0.05, 0.1) is 22.3 Å². The number of ether oxygens (including phenoxy) is 4. The van der Waals surface area contributed by atoms with Crippen LogP contribution in [0.2, 0.25) is 0 Å². The third-order valence-electron chi connectivity index (χ3n) is 4.06. The van der Waals surface area contributed by atoms with E-state index >= 15 is 0 Å². The first-order valence-corrected chi connectivity index (χ1v) is 12.5. The average Bonchev–Trinajstić information content (AvgIpc) is 2.80. The number of carbonyl (C=O) groups excluding carboxylic acids is 8. The summed E-state index contributed by atoms with van der Waals surface area (Å²) in [5, 5.41) is 0. The van der Waals surface area contributed by atoms with Gasteiger partial charge < -0.3 is 18.9 Å². The lowest BCUT2D eigenvalue weighted by Gasteiger charge is -2.14. The van der Waals surface area contributed by atoms with E-state index in [-0.39, 0.29) is 32.0 Å². The molecule has 0 aliphatic carbocycles. The van der Waals surface area contributed by atoms with E-state index in [0.29, 0.717) is 21.6 Å². The first-order valence-electron chi connectivity index (χ1n) is 10.3. The van der Waals surface area contributed by atoms with Crippen molar-refractivity contribution in [2.45, 2.75) is 37.5 Å². The highest BCUT2D eigenvalue weighted by atomic mass is 33.1. The third kappa shape index (κ3) is 8.11. The fourth-order valence-corrected chi connectivity index (χ4v) is 5.43. The van der Waals surface area contributed by atoms with Crippen LogP contribution in [0.3, 0.4) is 0 Å². The zero-order valence-corrected chi connectivity index (χ0v) is 21.8. The summed E-state index contributed by atoms with van der Waals surface area (Å²) in [6.07, 6.45) is 0. The fourth-order valence-electron chi connectivity index (χ4n) is 2.72. The lowest BCUT2D eigenvalue weighted by molar-refractivity contribution is -0.136. The summed E-state index contributed by atoms with van der Waals surface area (Å²) in [5.74, 6) is -8.33. The van der Waals surface area contributed by atoms with E-state index in [1.165, 1.54) is 36.4 Å². The van der Waals surface area contributed by atoms with Crippen LogP contribution < -0.4 is 0 Å². The van der Waals surface area contributed by atoms with Crippen molar-refractivity contribution in [3.8, 4) is 0 Å². The monoisotopic (exact) mass is 562 g/mol. The summed E-state index contributed by atoms with van der Waals surface area (Å²) >= 11 is 0. The summed E-state index contributed by atoms with van der Waals surface area (Å²) in [7, 11) is 1.29. The molecule has 0 saturated heterocycles. The Morgan fingerprint density at radius 2 is 0.658 bits per heavy atom. The van der Waals surface area contributed by atoms with E-state index in [4.69, 9.17) is 0 Å². The maximum atomic E-state index is 12.6. The Kier molecular flexibility index (Phi) is 10.5. The van der Waals surface area contributed by atoms with Crippen molar-refractivity contribution in [3.63, 3.8) is 0 Å². The predicted molar refractivity (Wildman–Crippen MR) is 129 cm³/mol. The normalized spacial score (nSPS) is 10.1. The molecule has 0 bridgehead atoms. The molecule has 14 heteroatoms. The second-order valence-corrected chi connectivity index (χ2v) is 9.21. The molecule has 0 fully saturated rings. The zero-order chi connectivity index (χ0) is 28.6. The van der Waals surface area contributed by atoms with Gasteiger partial charge in [0, 0.05) is 37.5 Å². The molecule has 0 aromatic heterocycles. The fraction of sp³-hybridized carbons (Fsp3) is 0.167. The van der Waals surface area contributed by atoms with E-state index in [1.54, 1.807) is 0 Å². The molecule has 12 nitrogen and oxygen atoms in total. The van der Waals surface area contributed by atoms with Gasteiger partial charge in [0.15, 0.2) is 0 Å². The maximum absolute atomic E-state index is 12.6. The van der Waals surface area contributed by atoms with Crippen molar-refractivity contribution >= 4 is 69.3 Å². The van der Waals surface area contributed by atoms with Crippen molar-refractivity contribution in [3.05, 3.63) is 58.7 Å². The zero-order valence-electron chi connectivity index (χ0n) is 20.2. The molecule has 0 saturated carbocycles. The van der Waals surface area contributed by atoms with Gasteiger partial charge in [-0.25, -0.2) is 19.2 Å². The molecule has 0 amide bonds. The molecule has 2 aromatic rings. The van der Waals surface area contributed by atoms with Crippen molar-refractivity contribution < 1.29 is 57.3 Å². The van der Waals surface area contributed by atoms with Gasteiger partial charge in [0.25, 0.3) is 0 Å². The van der Waals surface area contributed by atoms with Crippen LogP contribution in [0.4, 0.5) is 0 Å². The van der Waals surface area contributed by atoms with Gasteiger partial charge in [0.2, 0.25) is 0 Å². The van der Waals surface area contributed by atoms with Gasteiger partial charge in [-0.3, -0.25) is 19.2 Å². The van der Waals surface area contributed by atoms with E-state index in [9.17, 15) is 38.4 Å². The molecular weight excluding hydrogens is 544 g/mol.